The SMILES string of the molecule is C=C/C=C(\C=C)c1nc(C(CNC(=O)OC(C)(C)C)NC(=O)OC(C)(C)C)ccc1N. The van der Waals surface area contributed by atoms with E-state index in [-0.39, 0.29) is 6.54 Å². The van der Waals surface area contributed by atoms with Crippen molar-refractivity contribution in [1.29, 1.82) is 0 Å². The summed E-state index contributed by atoms with van der Waals surface area (Å²) in [5.41, 5.74) is 6.82. The second-order valence-electron chi connectivity index (χ2n) is 8.82. The number of nitrogens with two attached hydrogens (primary N) is 1. The fourth-order valence-electron chi connectivity index (χ4n) is 2.46. The number of nitrogens with zero attached hydrogens (tertiary/aromatic N) is 1. The molecule has 0 aliphatic carbocycles. The number of aromatic nitrogens is 1. The molecule has 1 heterocycles. The van der Waals surface area contributed by atoms with Crippen LogP contribution in [0.4, 0.5) is 15.3 Å². The van der Waals surface area contributed by atoms with Crippen molar-refractivity contribution in [3.63, 3.8) is 0 Å². The number of nitrogens with one attached hydrogen (secondary N) is 2. The predicted molar refractivity (Wildman–Crippen MR) is 123 cm³/mol. The van der Waals surface area contributed by atoms with Crippen molar-refractivity contribution >= 4 is 23.4 Å². The number of nitrogen functional groups attached to an aromatic ring is 1. The number of amides is 2. The Balaban J connectivity index is 3.22. The number of ether oxygens (including phenoxy) is 2. The van der Waals surface area contributed by atoms with Crippen LogP contribution in [0.25, 0.3) is 5.57 Å². The van der Waals surface area contributed by atoms with Crippen LogP contribution in [0.2, 0.25) is 0 Å². The van der Waals surface area contributed by atoms with Gasteiger partial charge in [0.15, 0.2) is 0 Å². The number of carbonyl (C=O) groups excluding carboxylic acids is 2. The summed E-state index contributed by atoms with van der Waals surface area (Å²) in [6.45, 7) is 18.1. The summed E-state index contributed by atoms with van der Waals surface area (Å²) in [6, 6.07) is 2.65. The van der Waals surface area contributed by atoms with Gasteiger partial charge in [-0.15, -0.1) is 0 Å². The molecule has 0 radical (unpaired) electrons. The molecule has 8 heteroatoms. The van der Waals surface area contributed by atoms with Gasteiger partial charge in [0.1, 0.15) is 11.2 Å². The lowest BCUT2D eigenvalue weighted by Crippen LogP contribution is -2.42. The molecule has 0 spiro atoms. The van der Waals surface area contributed by atoms with Gasteiger partial charge < -0.3 is 25.8 Å². The number of hydrogen-bond donors (Lipinski definition) is 3. The minimum absolute atomic E-state index is 0.0269. The maximum atomic E-state index is 12.4. The minimum atomic E-state index is -0.698. The van der Waals surface area contributed by atoms with Gasteiger partial charge >= 0.3 is 12.2 Å². The van der Waals surface area contributed by atoms with E-state index in [2.05, 4.69) is 28.8 Å². The first-order chi connectivity index (χ1) is 14.3. The molecular weight excluding hydrogens is 396 g/mol. The molecule has 2 amide bonds. The minimum Gasteiger partial charge on any atom is -0.444 e. The second-order valence-corrected chi connectivity index (χ2v) is 8.82. The molecule has 1 aromatic rings. The summed E-state index contributed by atoms with van der Waals surface area (Å²) in [5, 5.41) is 5.40. The quantitative estimate of drug-likeness (QED) is 0.548. The van der Waals surface area contributed by atoms with Crippen molar-refractivity contribution < 1.29 is 19.1 Å². The largest absolute Gasteiger partial charge is 0.444 e. The van der Waals surface area contributed by atoms with Gasteiger partial charge in [-0.3, -0.25) is 0 Å². The number of hydrogen-bond acceptors (Lipinski definition) is 6. The van der Waals surface area contributed by atoms with Gasteiger partial charge in [0.2, 0.25) is 0 Å². The maximum Gasteiger partial charge on any atom is 0.408 e. The van der Waals surface area contributed by atoms with Crippen molar-refractivity contribution in [3.8, 4) is 0 Å². The Morgan fingerprint density at radius 2 is 1.68 bits per heavy atom. The van der Waals surface area contributed by atoms with Crippen molar-refractivity contribution in [3.05, 3.63) is 54.9 Å². The van der Waals surface area contributed by atoms with Crippen molar-refractivity contribution in [2.75, 3.05) is 12.3 Å². The third kappa shape index (κ3) is 9.37. The highest BCUT2D eigenvalue weighted by Crippen LogP contribution is 2.23. The highest BCUT2D eigenvalue weighted by molar-refractivity contribution is 5.79. The molecular formula is C23H34N4O4. The molecule has 1 atom stereocenters. The monoisotopic (exact) mass is 430 g/mol. The van der Waals surface area contributed by atoms with E-state index in [1.165, 1.54) is 0 Å². The number of alkyl carbamates (subject to hydrolysis) is 2. The van der Waals surface area contributed by atoms with Crippen molar-refractivity contribution in [2.45, 2.75) is 58.8 Å². The Kier molecular flexibility index (Phi) is 8.85. The molecule has 4 N–H and O–H groups in total. The topological polar surface area (TPSA) is 116 Å². The Morgan fingerprint density at radius 3 is 2.19 bits per heavy atom. The lowest BCUT2D eigenvalue weighted by atomic mass is 10.1. The molecule has 1 rings (SSSR count). The van der Waals surface area contributed by atoms with Gasteiger partial charge in [-0.05, 0) is 53.7 Å². The van der Waals surface area contributed by atoms with Gasteiger partial charge in [0.05, 0.1) is 23.1 Å². The molecule has 0 saturated heterocycles. The second kappa shape index (κ2) is 10.7. The number of carbonyl (C=O) groups is 2. The third-order valence-corrected chi connectivity index (χ3v) is 3.64. The van der Waals surface area contributed by atoms with E-state index in [1.54, 1.807) is 71.9 Å². The van der Waals surface area contributed by atoms with E-state index in [1.807, 2.05) is 0 Å². The van der Waals surface area contributed by atoms with E-state index in [0.29, 0.717) is 22.6 Å². The van der Waals surface area contributed by atoms with E-state index < -0.39 is 29.4 Å². The standard InChI is InChI=1S/C23H34N4O4/c1-9-11-15(10-2)19-16(24)12-13-17(26-19)18(27-21(29)31-23(6,7)8)14-25-20(28)30-22(3,4)5/h9-13,18H,1-2,14,24H2,3-8H3,(H,25,28)(H,27,29)/b15-11+. The summed E-state index contributed by atoms with van der Waals surface area (Å²) in [4.78, 5) is 29.1. The number of allylic oxidation sites excluding steroid dienone is 4. The fourth-order valence-corrected chi connectivity index (χ4v) is 2.46. The first-order valence-corrected chi connectivity index (χ1v) is 9.94. The summed E-state index contributed by atoms with van der Waals surface area (Å²) in [6.07, 6.45) is 3.68. The van der Waals surface area contributed by atoms with Crippen molar-refractivity contribution in [1.82, 2.24) is 15.6 Å². The third-order valence-electron chi connectivity index (χ3n) is 3.64. The van der Waals surface area contributed by atoms with E-state index >= 15 is 0 Å². The maximum absolute atomic E-state index is 12.4. The lowest BCUT2D eigenvalue weighted by Gasteiger charge is -2.25. The molecule has 0 aliphatic heterocycles. The molecule has 0 fully saturated rings. The summed E-state index contributed by atoms with van der Waals surface area (Å²) < 4.78 is 10.6. The molecule has 1 aromatic heterocycles. The van der Waals surface area contributed by atoms with Crippen LogP contribution in [0, 0.1) is 0 Å². The van der Waals surface area contributed by atoms with E-state index in [4.69, 9.17) is 15.2 Å². The fraction of sp³-hybridized carbons (Fsp3) is 0.435. The van der Waals surface area contributed by atoms with Crippen LogP contribution in [0.5, 0.6) is 0 Å². The molecule has 0 saturated carbocycles. The molecule has 8 nitrogen and oxygen atoms in total. The normalized spacial score (nSPS) is 13.0. The highest BCUT2D eigenvalue weighted by Gasteiger charge is 2.24. The van der Waals surface area contributed by atoms with Gasteiger partial charge in [0.25, 0.3) is 0 Å². The van der Waals surface area contributed by atoms with Crippen LogP contribution in [0.15, 0.2) is 43.5 Å². The lowest BCUT2D eigenvalue weighted by molar-refractivity contribution is 0.0462. The van der Waals surface area contributed by atoms with Gasteiger partial charge in [-0.1, -0.05) is 31.4 Å². The first-order valence-electron chi connectivity index (χ1n) is 9.94. The zero-order chi connectivity index (χ0) is 23.8. The van der Waals surface area contributed by atoms with E-state index in [0.717, 1.165) is 0 Å². The smallest absolute Gasteiger partial charge is 0.408 e. The van der Waals surface area contributed by atoms with Gasteiger partial charge in [-0.25, -0.2) is 14.6 Å². The van der Waals surface area contributed by atoms with Gasteiger partial charge in [0, 0.05) is 12.1 Å². The van der Waals surface area contributed by atoms with Crippen LogP contribution < -0.4 is 16.4 Å². The first kappa shape index (κ1) is 25.7. The van der Waals surface area contributed by atoms with Crippen LogP contribution in [0.1, 0.15) is 59.0 Å². The number of pyridine rings is 1. The average Bonchev–Trinajstić information content (AvgIpc) is 2.61. The highest BCUT2D eigenvalue weighted by atomic mass is 16.6. The van der Waals surface area contributed by atoms with Crippen LogP contribution in [-0.4, -0.2) is 34.9 Å². The summed E-state index contributed by atoms with van der Waals surface area (Å²) >= 11 is 0. The number of rotatable bonds is 7. The summed E-state index contributed by atoms with van der Waals surface area (Å²) in [7, 11) is 0. The predicted octanol–water partition coefficient (Wildman–Crippen LogP) is 4.51. The Morgan fingerprint density at radius 1 is 1.10 bits per heavy atom. The molecule has 0 aromatic carbocycles. The van der Waals surface area contributed by atoms with Gasteiger partial charge in [-0.2, -0.15) is 0 Å². The van der Waals surface area contributed by atoms with Crippen LogP contribution >= 0.6 is 0 Å². The van der Waals surface area contributed by atoms with E-state index in [9.17, 15) is 9.59 Å². The van der Waals surface area contributed by atoms with Crippen LogP contribution in [-0.2, 0) is 9.47 Å². The molecule has 0 bridgehead atoms. The molecule has 170 valence electrons. The molecule has 0 aliphatic rings. The zero-order valence-corrected chi connectivity index (χ0v) is 19.2. The average molecular weight is 431 g/mol. The Hall–Kier alpha value is -3.29. The van der Waals surface area contributed by atoms with Crippen molar-refractivity contribution in [2.24, 2.45) is 0 Å². The zero-order valence-electron chi connectivity index (χ0n) is 19.2. The van der Waals surface area contributed by atoms with Crippen LogP contribution in [0.3, 0.4) is 0 Å². The Bertz CT molecular complexity index is 848. The Labute approximate surface area is 184 Å². The summed E-state index contributed by atoms with van der Waals surface area (Å²) in [5.74, 6) is 0. The molecule has 1 unspecified atom stereocenters. The molecule has 31 heavy (non-hydrogen) atoms. The number of anilines is 1.